The zero-order valence-corrected chi connectivity index (χ0v) is 12.7. The number of rotatable bonds is 4. The molecule has 2 amide bonds. The van der Waals surface area contributed by atoms with Crippen LogP contribution >= 0.6 is 11.3 Å². The number of amides is 2. The van der Waals surface area contributed by atoms with Crippen LogP contribution in [0.2, 0.25) is 0 Å². The Kier molecular flexibility index (Phi) is 4.90. The molecule has 0 spiro atoms. The first-order chi connectivity index (χ1) is 10.1. The molecule has 0 aliphatic rings. The van der Waals surface area contributed by atoms with Gasteiger partial charge in [-0.05, 0) is 41.8 Å². The summed E-state index contributed by atoms with van der Waals surface area (Å²) in [6.45, 7) is 1.51. The molecule has 5 heteroatoms. The molecule has 2 rings (SSSR count). The molecule has 0 bridgehead atoms. The lowest BCUT2D eigenvalue weighted by molar-refractivity contribution is -0.116. The van der Waals surface area contributed by atoms with Crippen LogP contribution in [-0.4, -0.2) is 18.9 Å². The van der Waals surface area contributed by atoms with E-state index in [1.165, 1.54) is 13.0 Å². The van der Waals surface area contributed by atoms with Crippen LogP contribution < -0.4 is 10.2 Å². The van der Waals surface area contributed by atoms with Crippen molar-refractivity contribution in [3.63, 3.8) is 0 Å². The number of nitrogens with one attached hydrogen (secondary N) is 1. The summed E-state index contributed by atoms with van der Waals surface area (Å²) in [5.74, 6) is -0.221. The molecule has 21 heavy (non-hydrogen) atoms. The molecule has 1 heterocycles. The number of thiophene rings is 1. The highest BCUT2D eigenvalue weighted by Crippen LogP contribution is 2.17. The maximum Gasteiger partial charge on any atom is 0.248 e. The topological polar surface area (TPSA) is 49.4 Å². The lowest BCUT2D eigenvalue weighted by atomic mass is 10.2. The van der Waals surface area contributed by atoms with Crippen molar-refractivity contribution in [3.8, 4) is 0 Å². The van der Waals surface area contributed by atoms with Gasteiger partial charge in [0.15, 0.2) is 0 Å². The van der Waals surface area contributed by atoms with E-state index in [0.717, 1.165) is 10.6 Å². The predicted molar refractivity (Wildman–Crippen MR) is 87.5 cm³/mol. The molecule has 108 valence electrons. The summed E-state index contributed by atoms with van der Waals surface area (Å²) in [5, 5.41) is 4.74. The third-order valence-electron chi connectivity index (χ3n) is 2.94. The fraction of sp³-hybridized carbons (Fsp3) is 0.125. The van der Waals surface area contributed by atoms with Gasteiger partial charge in [-0.1, -0.05) is 6.07 Å². The molecule has 0 saturated carbocycles. The van der Waals surface area contributed by atoms with Crippen molar-refractivity contribution in [2.24, 2.45) is 0 Å². The molecule has 0 aliphatic heterocycles. The van der Waals surface area contributed by atoms with Gasteiger partial charge in [0.05, 0.1) is 0 Å². The van der Waals surface area contributed by atoms with Crippen LogP contribution in [0.15, 0.2) is 47.9 Å². The Labute approximate surface area is 127 Å². The molecule has 0 saturated heterocycles. The van der Waals surface area contributed by atoms with E-state index < -0.39 is 0 Å². The van der Waals surface area contributed by atoms with Crippen molar-refractivity contribution >= 4 is 40.6 Å². The van der Waals surface area contributed by atoms with Crippen LogP contribution in [0.25, 0.3) is 6.08 Å². The van der Waals surface area contributed by atoms with Crippen LogP contribution in [0.4, 0.5) is 11.4 Å². The van der Waals surface area contributed by atoms with Gasteiger partial charge in [-0.3, -0.25) is 9.59 Å². The number of carbonyl (C=O) groups is 2. The Hall–Kier alpha value is -2.40. The molecule has 0 aliphatic carbocycles. The minimum absolute atomic E-state index is 0.0364. The van der Waals surface area contributed by atoms with E-state index in [4.69, 9.17) is 0 Å². The third-order valence-corrected chi connectivity index (χ3v) is 3.77. The fourth-order valence-electron chi connectivity index (χ4n) is 1.68. The fourth-order valence-corrected chi connectivity index (χ4v) is 2.30. The van der Waals surface area contributed by atoms with E-state index in [2.05, 4.69) is 5.32 Å². The lowest BCUT2D eigenvalue weighted by Gasteiger charge is -2.15. The zero-order chi connectivity index (χ0) is 15.2. The van der Waals surface area contributed by atoms with Crippen LogP contribution in [0.3, 0.4) is 0 Å². The van der Waals surface area contributed by atoms with Gasteiger partial charge >= 0.3 is 0 Å². The van der Waals surface area contributed by atoms with E-state index in [9.17, 15) is 9.59 Å². The second-order valence-electron chi connectivity index (χ2n) is 4.46. The molecule has 1 N–H and O–H groups in total. The molecule has 1 aromatic carbocycles. The molecule has 4 nitrogen and oxygen atoms in total. The Morgan fingerprint density at radius 2 is 1.90 bits per heavy atom. The third kappa shape index (κ3) is 4.29. The van der Waals surface area contributed by atoms with Crippen LogP contribution in [0.1, 0.15) is 11.8 Å². The van der Waals surface area contributed by atoms with E-state index >= 15 is 0 Å². The highest BCUT2D eigenvalue weighted by Gasteiger charge is 2.05. The molecular weight excluding hydrogens is 284 g/mol. The first-order valence-electron chi connectivity index (χ1n) is 6.43. The molecule has 2 aromatic rings. The number of benzene rings is 1. The van der Waals surface area contributed by atoms with Crippen molar-refractivity contribution in [2.45, 2.75) is 6.92 Å². The molecular formula is C16H16N2O2S. The van der Waals surface area contributed by atoms with Gasteiger partial charge in [0.25, 0.3) is 0 Å². The first kappa shape index (κ1) is 15.0. The van der Waals surface area contributed by atoms with Crippen molar-refractivity contribution < 1.29 is 9.59 Å². The van der Waals surface area contributed by atoms with Gasteiger partial charge in [-0.25, -0.2) is 0 Å². The van der Waals surface area contributed by atoms with Crippen LogP contribution in [0, 0.1) is 0 Å². The van der Waals surface area contributed by atoms with Crippen LogP contribution in [0.5, 0.6) is 0 Å². The standard InChI is InChI=1S/C16H16N2O2S/c1-12(19)18(2)14-7-5-13(6-8-14)17-16(20)10-9-15-4-3-11-21-15/h3-11H,1-2H3,(H,17,20)/b10-9+. The second-order valence-corrected chi connectivity index (χ2v) is 5.44. The summed E-state index contributed by atoms with van der Waals surface area (Å²) in [7, 11) is 1.71. The predicted octanol–water partition coefficient (Wildman–Crippen LogP) is 3.38. The molecule has 1 aromatic heterocycles. The molecule has 0 radical (unpaired) electrons. The number of anilines is 2. The number of nitrogens with zero attached hydrogens (tertiary/aromatic N) is 1. The summed E-state index contributed by atoms with van der Waals surface area (Å²) in [5.41, 5.74) is 1.48. The van der Waals surface area contributed by atoms with Gasteiger partial charge in [0.1, 0.15) is 0 Å². The monoisotopic (exact) mass is 300 g/mol. The Bertz CT molecular complexity index is 645. The van der Waals surface area contributed by atoms with Gasteiger partial charge in [-0.15, -0.1) is 11.3 Å². The molecule has 0 atom stereocenters. The maximum absolute atomic E-state index is 11.8. The Balaban J connectivity index is 1.97. The summed E-state index contributed by atoms with van der Waals surface area (Å²) >= 11 is 1.57. The first-order valence-corrected chi connectivity index (χ1v) is 7.31. The van der Waals surface area contributed by atoms with E-state index in [0.29, 0.717) is 5.69 Å². The van der Waals surface area contributed by atoms with Gasteiger partial charge < -0.3 is 10.2 Å². The quantitative estimate of drug-likeness (QED) is 0.880. The summed E-state index contributed by atoms with van der Waals surface area (Å²) in [4.78, 5) is 25.6. The highest BCUT2D eigenvalue weighted by molar-refractivity contribution is 7.10. The maximum atomic E-state index is 11.8. The van der Waals surface area contributed by atoms with Gasteiger partial charge in [0.2, 0.25) is 11.8 Å². The van der Waals surface area contributed by atoms with Crippen molar-refractivity contribution in [1.29, 1.82) is 0 Å². The smallest absolute Gasteiger partial charge is 0.248 e. The van der Waals surface area contributed by atoms with Crippen molar-refractivity contribution in [1.82, 2.24) is 0 Å². The number of hydrogen-bond acceptors (Lipinski definition) is 3. The average Bonchev–Trinajstić information content (AvgIpc) is 2.98. The SMILES string of the molecule is CC(=O)N(C)c1ccc(NC(=O)/C=C/c2cccs2)cc1. The van der Waals surface area contributed by atoms with Crippen molar-refractivity contribution in [3.05, 3.63) is 52.7 Å². The largest absolute Gasteiger partial charge is 0.323 e. The van der Waals surface area contributed by atoms with Crippen molar-refractivity contribution in [2.75, 3.05) is 17.3 Å². The minimum atomic E-state index is -0.184. The zero-order valence-electron chi connectivity index (χ0n) is 11.9. The lowest BCUT2D eigenvalue weighted by Crippen LogP contribution is -2.22. The second kappa shape index (κ2) is 6.85. The molecule has 0 unspecified atom stereocenters. The number of hydrogen-bond donors (Lipinski definition) is 1. The van der Waals surface area contributed by atoms with E-state index in [1.54, 1.807) is 53.6 Å². The summed E-state index contributed by atoms with van der Waals surface area (Å²) in [6, 6.07) is 11.0. The van der Waals surface area contributed by atoms with E-state index in [1.807, 2.05) is 17.5 Å². The minimum Gasteiger partial charge on any atom is -0.323 e. The van der Waals surface area contributed by atoms with Gasteiger partial charge in [0, 0.05) is 36.3 Å². The van der Waals surface area contributed by atoms with Gasteiger partial charge in [-0.2, -0.15) is 0 Å². The Morgan fingerprint density at radius 1 is 1.19 bits per heavy atom. The normalized spacial score (nSPS) is 10.6. The Morgan fingerprint density at radius 3 is 2.48 bits per heavy atom. The average molecular weight is 300 g/mol. The highest BCUT2D eigenvalue weighted by atomic mass is 32.1. The summed E-state index contributed by atoms with van der Waals surface area (Å²) < 4.78 is 0. The summed E-state index contributed by atoms with van der Waals surface area (Å²) in [6.07, 6.45) is 3.28. The van der Waals surface area contributed by atoms with E-state index in [-0.39, 0.29) is 11.8 Å². The number of carbonyl (C=O) groups excluding carboxylic acids is 2. The van der Waals surface area contributed by atoms with Crippen LogP contribution in [-0.2, 0) is 9.59 Å². The molecule has 0 fully saturated rings.